The Bertz CT molecular complexity index is 3220. The van der Waals surface area contributed by atoms with Crippen molar-refractivity contribution in [2.24, 2.45) is 0 Å². The Balaban J connectivity index is 1.36. The van der Waals surface area contributed by atoms with Gasteiger partial charge in [-0.2, -0.15) is 0 Å². The molecule has 0 bridgehead atoms. The number of para-hydroxylation sites is 1. The van der Waals surface area contributed by atoms with Crippen molar-refractivity contribution in [2.75, 3.05) is 0 Å². The molecule has 10 aromatic rings. The fourth-order valence-electron chi connectivity index (χ4n) is 7.26. The first-order valence-corrected chi connectivity index (χ1v) is 15.5. The second-order valence-electron chi connectivity index (χ2n) is 11.8. The molecule has 0 saturated carbocycles. The first-order chi connectivity index (χ1) is 26.7. The van der Waals surface area contributed by atoms with Crippen molar-refractivity contribution in [3.8, 4) is 33.4 Å². The van der Waals surface area contributed by atoms with Crippen molar-refractivity contribution in [1.82, 2.24) is 0 Å². The molecule has 0 aliphatic heterocycles. The monoisotopic (exact) mass is 604 g/mol. The average Bonchev–Trinajstić information content (AvgIpc) is 3.62. The predicted molar refractivity (Wildman–Crippen MR) is 200 cm³/mol. The maximum atomic E-state index is 9.39. The zero-order chi connectivity index (χ0) is 37.9. The van der Waals surface area contributed by atoms with Gasteiger partial charge in [-0.25, -0.2) is 0 Å². The molecule has 218 valence electrons. The fraction of sp³-hybridized carbons (Fsp3) is 0. The summed E-state index contributed by atoms with van der Waals surface area (Å²) in [6.07, 6.45) is 0. The molecule has 0 spiro atoms. The van der Waals surface area contributed by atoms with Crippen LogP contribution in [0.1, 0.15) is 11.0 Å². The highest BCUT2D eigenvalue weighted by Crippen LogP contribution is 2.46. The first-order valence-electron chi connectivity index (χ1n) is 19.5. The van der Waals surface area contributed by atoms with Crippen molar-refractivity contribution in [2.45, 2.75) is 0 Å². The van der Waals surface area contributed by atoms with E-state index in [2.05, 4.69) is 12.1 Å². The van der Waals surface area contributed by atoms with Crippen molar-refractivity contribution in [3.63, 3.8) is 0 Å². The molecule has 1 heterocycles. The molecule has 0 N–H and O–H groups in total. The highest BCUT2D eigenvalue weighted by Gasteiger charge is 2.19. The lowest BCUT2D eigenvalue weighted by molar-refractivity contribution is 0.670. The smallest absolute Gasteiger partial charge is 0.143 e. The molecule has 1 nitrogen and oxygen atoms in total. The molecule has 0 unspecified atom stereocenters. The Morgan fingerprint density at radius 3 is 1.72 bits per heavy atom. The van der Waals surface area contributed by atoms with E-state index in [4.69, 9.17) is 9.90 Å². The summed E-state index contributed by atoms with van der Waals surface area (Å²) in [6, 6.07) is 36.2. The Hall–Kier alpha value is -6.18. The van der Waals surface area contributed by atoms with E-state index < -0.39 is 24.2 Å². The lowest BCUT2D eigenvalue weighted by Crippen LogP contribution is -1.92. The molecule has 0 aliphatic carbocycles. The highest BCUT2D eigenvalue weighted by atomic mass is 16.3. The van der Waals surface area contributed by atoms with Crippen LogP contribution >= 0.6 is 0 Å². The molecule has 0 radical (unpaired) electrons. The summed E-state index contributed by atoms with van der Waals surface area (Å²) in [6.45, 7) is 0. The number of fused-ring (bicyclic) bond motifs is 8. The van der Waals surface area contributed by atoms with Crippen LogP contribution in [0.25, 0.3) is 98.4 Å². The van der Waals surface area contributed by atoms with Gasteiger partial charge in [-0.05, 0) is 83.0 Å². The normalized spacial score (nSPS) is 14.2. The van der Waals surface area contributed by atoms with E-state index in [9.17, 15) is 5.48 Å². The second-order valence-corrected chi connectivity index (χ2v) is 11.8. The third kappa shape index (κ3) is 3.90. The van der Waals surface area contributed by atoms with Gasteiger partial charge < -0.3 is 4.42 Å². The number of benzene rings is 9. The van der Waals surface area contributed by atoms with E-state index >= 15 is 0 Å². The fourth-order valence-corrected chi connectivity index (χ4v) is 7.26. The maximum Gasteiger partial charge on any atom is 0.143 e. The number of furan rings is 1. The van der Waals surface area contributed by atoms with Crippen LogP contribution in [-0.4, -0.2) is 0 Å². The van der Waals surface area contributed by atoms with Crippen LogP contribution in [0.4, 0.5) is 0 Å². The average molecular weight is 605 g/mol. The standard InChI is InChI=1S/C46H28O/c1-3-17-33-29(12-1)14-10-24-36(33)44-39-21-7-5-19-37(39)43(38-20-6-8-22-40(38)44)32-16-9-15-31(28-32)35-23-11-25-41-45-34-18-4-2-13-30(34)26-27-42(45)47-46(35)41/h1-28H/i5D,6D,7D,8D,19D,20D,21D,22D. The predicted octanol–water partition coefficient (Wildman–Crippen LogP) is 13.2. The maximum absolute atomic E-state index is 9.39. The van der Waals surface area contributed by atoms with Gasteiger partial charge in [0, 0.05) is 16.3 Å². The van der Waals surface area contributed by atoms with Gasteiger partial charge >= 0.3 is 0 Å². The molecule has 0 amide bonds. The summed E-state index contributed by atoms with van der Waals surface area (Å²) in [5, 5.41) is 6.54. The van der Waals surface area contributed by atoms with Gasteiger partial charge in [-0.3, -0.25) is 0 Å². The van der Waals surface area contributed by atoms with Crippen LogP contribution in [0.3, 0.4) is 0 Å². The molecule has 0 atom stereocenters. The lowest BCUT2D eigenvalue weighted by Gasteiger charge is -2.19. The Labute approximate surface area is 283 Å². The zero-order valence-electron chi connectivity index (χ0n) is 33.0. The third-order valence-electron chi connectivity index (χ3n) is 9.28. The van der Waals surface area contributed by atoms with Gasteiger partial charge in [0.25, 0.3) is 0 Å². The molecular formula is C46H28O. The van der Waals surface area contributed by atoms with Gasteiger partial charge in [0.2, 0.25) is 0 Å². The Morgan fingerprint density at radius 1 is 0.404 bits per heavy atom. The van der Waals surface area contributed by atoms with Crippen molar-refractivity contribution < 1.29 is 15.4 Å². The summed E-state index contributed by atoms with van der Waals surface area (Å²) >= 11 is 0. The summed E-state index contributed by atoms with van der Waals surface area (Å²) in [7, 11) is 0. The van der Waals surface area contributed by atoms with Crippen molar-refractivity contribution in [3.05, 3.63) is 170 Å². The third-order valence-corrected chi connectivity index (χ3v) is 9.28. The van der Waals surface area contributed by atoms with Gasteiger partial charge in [0.15, 0.2) is 0 Å². The summed E-state index contributed by atoms with van der Waals surface area (Å²) in [5.41, 5.74) is 4.80. The molecule has 1 aromatic heterocycles. The van der Waals surface area contributed by atoms with E-state index in [-0.39, 0.29) is 45.7 Å². The molecule has 0 saturated heterocycles. The SMILES string of the molecule is [2H]c1c([2H])c([2H])c2c(-c3cccc4ccccc34)c3c([2H])c([2H])c([2H])c([2H])c3c(-c3cccc(-c4cccc5c4oc4ccc6ccccc6c45)c3)c2c1[2H]. The van der Waals surface area contributed by atoms with Crippen LogP contribution in [0.5, 0.6) is 0 Å². The highest BCUT2D eigenvalue weighted by molar-refractivity contribution is 6.24. The van der Waals surface area contributed by atoms with Gasteiger partial charge in [-0.1, -0.05) is 158 Å². The van der Waals surface area contributed by atoms with Crippen LogP contribution in [0.2, 0.25) is 0 Å². The van der Waals surface area contributed by atoms with E-state index in [0.29, 0.717) is 27.8 Å². The van der Waals surface area contributed by atoms with Crippen LogP contribution in [-0.2, 0) is 0 Å². The number of hydrogen-bond acceptors (Lipinski definition) is 1. The van der Waals surface area contributed by atoms with Gasteiger partial charge in [0.1, 0.15) is 11.2 Å². The Morgan fingerprint density at radius 2 is 0.957 bits per heavy atom. The van der Waals surface area contributed by atoms with E-state index in [1.54, 1.807) is 0 Å². The molecule has 0 fully saturated rings. The largest absolute Gasteiger partial charge is 0.455 e. The lowest BCUT2D eigenvalue weighted by atomic mass is 9.84. The topological polar surface area (TPSA) is 13.1 Å². The molecule has 1 heteroatoms. The quantitative estimate of drug-likeness (QED) is 0.183. The molecule has 10 rings (SSSR count). The van der Waals surface area contributed by atoms with Crippen LogP contribution < -0.4 is 0 Å². The minimum absolute atomic E-state index is 0.178. The minimum Gasteiger partial charge on any atom is -0.455 e. The molecule has 9 aromatic carbocycles. The molecule has 47 heavy (non-hydrogen) atoms. The van der Waals surface area contributed by atoms with E-state index in [1.807, 2.05) is 109 Å². The summed E-state index contributed by atoms with van der Waals surface area (Å²) in [5.74, 6) is 0. The van der Waals surface area contributed by atoms with Crippen LogP contribution in [0, 0.1) is 0 Å². The van der Waals surface area contributed by atoms with Crippen molar-refractivity contribution in [1.29, 1.82) is 0 Å². The summed E-state index contributed by atoms with van der Waals surface area (Å²) in [4.78, 5) is 0. The van der Waals surface area contributed by atoms with Gasteiger partial charge in [-0.15, -0.1) is 0 Å². The zero-order valence-corrected chi connectivity index (χ0v) is 25.0. The number of hydrogen-bond donors (Lipinski definition) is 0. The second kappa shape index (κ2) is 10.2. The van der Waals surface area contributed by atoms with Crippen molar-refractivity contribution >= 4 is 65.0 Å². The minimum atomic E-state index is -0.432. The Kier molecular flexibility index (Phi) is 4.19. The first kappa shape index (κ1) is 19.4. The van der Waals surface area contributed by atoms with Crippen LogP contribution in [0.15, 0.2) is 174 Å². The molecular weight excluding hydrogens is 569 g/mol. The molecule has 0 aliphatic rings. The van der Waals surface area contributed by atoms with E-state index in [1.165, 1.54) is 0 Å². The van der Waals surface area contributed by atoms with Gasteiger partial charge in [0.05, 0.1) is 11.0 Å². The summed E-state index contributed by atoms with van der Waals surface area (Å²) < 4.78 is 79.3. The van der Waals surface area contributed by atoms with E-state index in [0.717, 1.165) is 49.0 Å². The number of rotatable bonds is 3.